The number of benzene rings is 1. The molecule has 0 fully saturated rings. The molecule has 5 nitrogen and oxygen atoms in total. The highest BCUT2D eigenvalue weighted by atomic mass is 35.5. The molecule has 1 N–H and O–H groups in total. The van der Waals surface area contributed by atoms with Gasteiger partial charge in [0.15, 0.2) is 0 Å². The molecule has 0 aliphatic carbocycles. The number of hydrogen-bond acceptors (Lipinski definition) is 4. The predicted octanol–water partition coefficient (Wildman–Crippen LogP) is 1.19. The van der Waals surface area contributed by atoms with Gasteiger partial charge < -0.3 is 10.2 Å². The van der Waals surface area contributed by atoms with Gasteiger partial charge in [0.1, 0.15) is 9.84 Å². The summed E-state index contributed by atoms with van der Waals surface area (Å²) in [4.78, 5) is 13.6. The van der Waals surface area contributed by atoms with Crippen molar-refractivity contribution < 1.29 is 13.2 Å². The predicted molar refractivity (Wildman–Crippen MR) is 82.6 cm³/mol. The Hall–Kier alpha value is -1.27. The largest absolute Gasteiger partial charge is 0.384 e. The Morgan fingerprint density at radius 3 is 2.75 bits per heavy atom. The lowest BCUT2D eigenvalue weighted by Crippen LogP contribution is -2.31. The minimum atomic E-state index is -3.05. The number of nitrogens with one attached hydrogen (secondary N) is 1. The van der Waals surface area contributed by atoms with Crippen LogP contribution in [0.1, 0.15) is 15.9 Å². The smallest absolute Gasteiger partial charge is 0.253 e. The molecule has 0 spiro atoms. The van der Waals surface area contributed by atoms with Crippen LogP contribution in [0.5, 0.6) is 0 Å². The minimum Gasteiger partial charge on any atom is -0.384 e. The Kier molecular flexibility index (Phi) is 5.42. The summed E-state index contributed by atoms with van der Waals surface area (Å²) in [5, 5.41) is 3.24. The van der Waals surface area contributed by atoms with Crippen molar-refractivity contribution in [1.82, 2.24) is 4.90 Å². The Morgan fingerprint density at radius 1 is 1.40 bits per heavy atom. The first-order valence-corrected chi connectivity index (χ1v) is 8.23. The van der Waals surface area contributed by atoms with Gasteiger partial charge in [0.2, 0.25) is 0 Å². The van der Waals surface area contributed by atoms with E-state index in [1.165, 1.54) is 11.2 Å². The first-order chi connectivity index (χ1) is 8.87. The summed E-state index contributed by atoms with van der Waals surface area (Å²) in [6.07, 6.45) is 2.09. The Bertz CT molecular complexity index is 602. The number of hydrogen-bond donors (Lipinski definition) is 1. The van der Waals surface area contributed by atoms with Gasteiger partial charge in [0.25, 0.3) is 5.91 Å². The second-order valence-corrected chi connectivity index (χ2v) is 7.17. The molecule has 1 amide bonds. The molecule has 0 bridgehead atoms. The van der Waals surface area contributed by atoms with Crippen LogP contribution in [0.4, 0.5) is 5.69 Å². The third kappa shape index (κ3) is 4.11. The number of rotatable bonds is 4. The van der Waals surface area contributed by atoms with Crippen molar-refractivity contribution in [2.24, 2.45) is 0 Å². The van der Waals surface area contributed by atoms with Crippen LogP contribution >= 0.6 is 12.4 Å². The SMILES string of the molecule is CN(CCS(C)(=O)=O)C(=O)c1ccc2c(c1)CCN2.Cl. The molecule has 2 rings (SSSR count). The molecule has 0 saturated heterocycles. The molecule has 0 aromatic heterocycles. The maximum atomic E-state index is 12.2. The van der Waals surface area contributed by atoms with Crippen LogP contribution in [0.2, 0.25) is 0 Å². The number of anilines is 1. The fourth-order valence-electron chi connectivity index (χ4n) is 2.06. The summed E-state index contributed by atoms with van der Waals surface area (Å²) in [5.74, 6) is -0.153. The monoisotopic (exact) mass is 318 g/mol. The van der Waals surface area contributed by atoms with E-state index in [1.54, 1.807) is 13.1 Å². The summed E-state index contributed by atoms with van der Waals surface area (Å²) in [5.41, 5.74) is 2.83. The second kappa shape index (κ2) is 6.45. The van der Waals surface area contributed by atoms with Crippen molar-refractivity contribution in [3.05, 3.63) is 29.3 Å². The first kappa shape index (κ1) is 16.8. The zero-order valence-electron chi connectivity index (χ0n) is 11.5. The highest BCUT2D eigenvalue weighted by molar-refractivity contribution is 7.90. The van der Waals surface area contributed by atoms with Crippen molar-refractivity contribution in [1.29, 1.82) is 0 Å². The number of fused-ring (bicyclic) bond motifs is 1. The summed E-state index contributed by atoms with van der Waals surface area (Å²) in [6.45, 7) is 1.11. The fraction of sp³-hybridized carbons (Fsp3) is 0.462. The average Bonchev–Trinajstić information content (AvgIpc) is 2.81. The van der Waals surface area contributed by atoms with Gasteiger partial charge in [-0.2, -0.15) is 0 Å². The van der Waals surface area contributed by atoms with Gasteiger partial charge in [-0.05, 0) is 30.2 Å². The van der Waals surface area contributed by atoms with Gasteiger partial charge >= 0.3 is 0 Å². The van der Waals surface area contributed by atoms with Crippen LogP contribution in [0, 0.1) is 0 Å². The van der Waals surface area contributed by atoms with Gasteiger partial charge in [0, 0.05) is 37.6 Å². The average molecular weight is 319 g/mol. The lowest BCUT2D eigenvalue weighted by molar-refractivity contribution is 0.0803. The zero-order chi connectivity index (χ0) is 14.0. The quantitative estimate of drug-likeness (QED) is 0.905. The van der Waals surface area contributed by atoms with Gasteiger partial charge in [-0.15, -0.1) is 12.4 Å². The number of halogens is 1. The Labute approximate surface area is 125 Å². The molecule has 0 unspecified atom stereocenters. The maximum Gasteiger partial charge on any atom is 0.253 e. The fourth-order valence-corrected chi connectivity index (χ4v) is 2.67. The van der Waals surface area contributed by atoms with Crippen LogP contribution in [0.25, 0.3) is 0 Å². The number of nitrogens with zero attached hydrogens (tertiary/aromatic N) is 1. The molecular formula is C13H19ClN2O3S. The number of carbonyl (C=O) groups is 1. The van der Waals surface area contributed by atoms with Gasteiger partial charge in [-0.3, -0.25) is 4.79 Å². The van der Waals surface area contributed by atoms with Crippen molar-refractivity contribution in [3.63, 3.8) is 0 Å². The van der Waals surface area contributed by atoms with Gasteiger partial charge in [-0.1, -0.05) is 0 Å². The minimum absolute atomic E-state index is 0. The number of sulfone groups is 1. The lowest BCUT2D eigenvalue weighted by Gasteiger charge is -2.17. The van der Waals surface area contributed by atoms with E-state index >= 15 is 0 Å². The lowest BCUT2D eigenvalue weighted by atomic mass is 10.1. The highest BCUT2D eigenvalue weighted by Crippen LogP contribution is 2.23. The number of amides is 1. The highest BCUT2D eigenvalue weighted by Gasteiger charge is 2.17. The molecule has 0 radical (unpaired) electrons. The van der Waals surface area contributed by atoms with Crippen LogP contribution in [0.15, 0.2) is 18.2 Å². The third-order valence-electron chi connectivity index (χ3n) is 3.21. The van der Waals surface area contributed by atoms with E-state index in [-0.39, 0.29) is 30.6 Å². The molecule has 1 heterocycles. The molecule has 0 atom stereocenters. The normalized spacial score (nSPS) is 13.1. The van der Waals surface area contributed by atoms with E-state index in [4.69, 9.17) is 0 Å². The molecule has 7 heteroatoms. The first-order valence-electron chi connectivity index (χ1n) is 6.17. The van der Waals surface area contributed by atoms with Gasteiger partial charge in [0.05, 0.1) is 5.75 Å². The summed E-state index contributed by atoms with van der Waals surface area (Å²) < 4.78 is 22.2. The van der Waals surface area contributed by atoms with Crippen molar-refractivity contribution in [2.75, 3.05) is 37.5 Å². The second-order valence-electron chi connectivity index (χ2n) is 4.91. The summed E-state index contributed by atoms with van der Waals surface area (Å²) in [7, 11) is -1.42. The van der Waals surface area contributed by atoms with E-state index in [2.05, 4.69) is 5.32 Å². The molecule has 20 heavy (non-hydrogen) atoms. The standard InChI is InChI=1S/C13H18N2O3S.ClH/c1-15(7-8-19(2,17)18)13(16)11-3-4-12-10(9-11)5-6-14-12;/h3-4,9,14H,5-8H2,1-2H3;1H. The third-order valence-corrected chi connectivity index (χ3v) is 4.13. The molecule has 1 aliphatic rings. The van der Waals surface area contributed by atoms with Crippen molar-refractivity contribution in [2.45, 2.75) is 6.42 Å². The van der Waals surface area contributed by atoms with Crippen LogP contribution < -0.4 is 5.32 Å². The molecule has 1 aromatic carbocycles. The maximum absolute atomic E-state index is 12.2. The molecular weight excluding hydrogens is 300 g/mol. The van der Waals surface area contributed by atoms with E-state index in [9.17, 15) is 13.2 Å². The molecule has 0 saturated carbocycles. The van der Waals surface area contributed by atoms with E-state index in [1.807, 2.05) is 12.1 Å². The van der Waals surface area contributed by atoms with Crippen LogP contribution in [-0.2, 0) is 16.3 Å². The Morgan fingerprint density at radius 2 is 2.10 bits per heavy atom. The van der Waals surface area contributed by atoms with Crippen molar-refractivity contribution >= 4 is 33.8 Å². The Balaban J connectivity index is 0.00000200. The van der Waals surface area contributed by atoms with Crippen LogP contribution in [-0.4, -0.2) is 51.4 Å². The van der Waals surface area contributed by atoms with E-state index in [0.717, 1.165) is 24.2 Å². The number of carbonyl (C=O) groups excluding carboxylic acids is 1. The molecule has 1 aliphatic heterocycles. The topological polar surface area (TPSA) is 66.5 Å². The summed E-state index contributed by atoms with van der Waals surface area (Å²) in [6, 6.07) is 5.56. The molecule has 112 valence electrons. The summed E-state index contributed by atoms with van der Waals surface area (Å²) >= 11 is 0. The van der Waals surface area contributed by atoms with Crippen LogP contribution in [0.3, 0.4) is 0 Å². The zero-order valence-corrected chi connectivity index (χ0v) is 13.2. The van der Waals surface area contributed by atoms with E-state index < -0.39 is 9.84 Å². The molecule has 1 aromatic rings. The van der Waals surface area contributed by atoms with Crippen molar-refractivity contribution in [3.8, 4) is 0 Å². The van der Waals surface area contributed by atoms with Gasteiger partial charge in [-0.25, -0.2) is 8.42 Å². The van der Waals surface area contributed by atoms with E-state index in [0.29, 0.717) is 5.56 Å².